The van der Waals surface area contributed by atoms with Crippen LogP contribution in [0, 0.1) is 0 Å². The van der Waals surface area contributed by atoms with Crippen molar-refractivity contribution < 1.29 is 4.42 Å². The van der Waals surface area contributed by atoms with Gasteiger partial charge in [0.2, 0.25) is 0 Å². The lowest BCUT2D eigenvalue weighted by Crippen LogP contribution is -2.07. The summed E-state index contributed by atoms with van der Waals surface area (Å²) in [6.07, 6.45) is 0. The van der Waals surface area contributed by atoms with Gasteiger partial charge in [0, 0.05) is 11.5 Å². The third-order valence-corrected chi connectivity index (χ3v) is 2.99. The van der Waals surface area contributed by atoms with E-state index in [1.165, 1.54) is 0 Å². The van der Waals surface area contributed by atoms with Crippen LogP contribution in [0.3, 0.4) is 0 Å². The van der Waals surface area contributed by atoms with Crippen LogP contribution in [-0.2, 0) is 0 Å². The van der Waals surface area contributed by atoms with Crippen LogP contribution in [0.25, 0.3) is 22.1 Å². The smallest absolute Gasteiger partial charge is 0.344 e. The first-order valence-corrected chi connectivity index (χ1v) is 5.88. The highest BCUT2D eigenvalue weighted by Crippen LogP contribution is 2.22. The third-order valence-electron chi connectivity index (χ3n) is 2.99. The minimum Gasteiger partial charge on any atom is -0.422 e. The molecular formula is C15H12N2O2. The number of nitrogens with two attached hydrogens (primary N) is 1. The van der Waals surface area contributed by atoms with Crippen LogP contribution < -0.4 is 16.9 Å². The molecule has 0 unspecified atom stereocenters. The molecular weight excluding hydrogens is 240 g/mol. The Morgan fingerprint density at radius 3 is 2.53 bits per heavy atom. The summed E-state index contributed by atoms with van der Waals surface area (Å²) < 4.78 is 5.34. The van der Waals surface area contributed by atoms with E-state index in [4.69, 9.17) is 10.3 Å². The lowest BCUT2D eigenvalue weighted by molar-refractivity contribution is 0.563. The Kier molecular flexibility index (Phi) is 2.78. The van der Waals surface area contributed by atoms with E-state index in [9.17, 15) is 4.79 Å². The fourth-order valence-corrected chi connectivity index (χ4v) is 2.02. The highest BCUT2D eigenvalue weighted by atomic mass is 16.4. The van der Waals surface area contributed by atoms with E-state index in [0.717, 1.165) is 10.9 Å². The second-order valence-corrected chi connectivity index (χ2v) is 4.21. The number of rotatable bonds is 2. The predicted molar refractivity (Wildman–Crippen MR) is 75.7 cm³/mol. The molecule has 0 atom stereocenters. The number of hydrogen-bond donors (Lipinski definition) is 2. The van der Waals surface area contributed by atoms with E-state index >= 15 is 0 Å². The van der Waals surface area contributed by atoms with Gasteiger partial charge < -0.3 is 9.84 Å². The van der Waals surface area contributed by atoms with Crippen molar-refractivity contribution in [3.05, 3.63) is 65.0 Å². The Hall–Kier alpha value is -2.59. The van der Waals surface area contributed by atoms with Gasteiger partial charge in [0.15, 0.2) is 0 Å². The summed E-state index contributed by atoms with van der Waals surface area (Å²) in [5.41, 5.74) is 4.78. The molecule has 0 amide bonds. The lowest BCUT2D eigenvalue weighted by Gasteiger charge is -2.04. The van der Waals surface area contributed by atoms with Crippen molar-refractivity contribution in [3.8, 4) is 11.1 Å². The molecule has 0 spiro atoms. The molecule has 94 valence electrons. The van der Waals surface area contributed by atoms with Gasteiger partial charge in [-0.1, -0.05) is 30.3 Å². The Bertz CT molecular complexity index is 779. The van der Waals surface area contributed by atoms with Gasteiger partial charge in [0.1, 0.15) is 5.58 Å². The van der Waals surface area contributed by atoms with Gasteiger partial charge in [0.25, 0.3) is 0 Å². The molecule has 3 rings (SSSR count). The molecule has 0 aliphatic carbocycles. The van der Waals surface area contributed by atoms with Gasteiger partial charge in [-0.15, -0.1) is 0 Å². The third kappa shape index (κ3) is 2.09. The van der Waals surface area contributed by atoms with Crippen molar-refractivity contribution in [2.45, 2.75) is 0 Å². The first kappa shape index (κ1) is 11.5. The molecule has 4 nitrogen and oxygen atoms in total. The molecule has 0 aliphatic rings. The monoisotopic (exact) mass is 252 g/mol. The first-order valence-electron chi connectivity index (χ1n) is 5.88. The van der Waals surface area contributed by atoms with Crippen LogP contribution >= 0.6 is 0 Å². The number of nitrogens with one attached hydrogen (secondary N) is 1. The SMILES string of the molecule is NNc1ccc2cc(-c3ccccc3)c(=O)oc2c1. The zero-order valence-corrected chi connectivity index (χ0v) is 10.1. The van der Waals surface area contributed by atoms with E-state index < -0.39 is 0 Å². The number of nitrogen functional groups attached to an aromatic ring is 1. The van der Waals surface area contributed by atoms with E-state index in [2.05, 4.69) is 5.43 Å². The fourth-order valence-electron chi connectivity index (χ4n) is 2.02. The maximum absolute atomic E-state index is 12.0. The molecule has 0 saturated heterocycles. The first-order chi connectivity index (χ1) is 9.28. The topological polar surface area (TPSA) is 68.3 Å². The number of benzene rings is 2. The Morgan fingerprint density at radius 1 is 1.00 bits per heavy atom. The molecule has 0 aliphatic heterocycles. The summed E-state index contributed by atoms with van der Waals surface area (Å²) in [7, 11) is 0. The zero-order chi connectivity index (χ0) is 13.2. The van der Waals surface area contributed by atoms with E-state index in [1.54, 1.807) is 6.07 Å². The largest absolute Gasteiger partial charge is 0.422 e. The zero-order valence-electron chi connectivity index (χ0n) is 10.1. The second kappa shape index (κ2) is 4.59. The summed E-state index contributed by atoms with van der Waals surface area (Å²) in [5, 5.41) is 0.859. The van der Waals surface area contributed by atoms with Crippen molar-refractivity contribution in [2.24, 2.45) is 5.84 Å². The van der Waals surface area contributed by atoms with Crippen molar-refractivity contribution in [3.63, 3.8) is 0 Å². The highest BCUT2D eigenvalue weighted by molar-refractivity contribution is 5.84. The Balaban J connectivity index is 2.23. The van der Waals surface area contributed by atoms with Gasteiger partial charge in [-0.05, 0) is 23.8 Å². The summed E-state index contributed by atoms with van der Waals surface area (Å²) in [6, 6.07) is 16.7. The van der Waals surface area contributed by atoms with Gasteiger partial charge in [0.05, 0.1) is 11.3 Å². The normalized spacial score (nSPS) is 10.6. The molecule has 1 heterocycles. The average Bonchev–Trinajstić information content (AvgIpc) is 2.47. The van der Waals surface area contributed by atoms with Crippen LogP contribution in [0.4, 0.5) is 5.69 Å². The highest BCUT2D eigenvalue weighted by Gasteiger charge is 2.07. The molecule has 3 aromatic rings. The maximum atomic E-state index is 12.0. The van der Waals surface area contributed by atoms with Crippen molar-refractivity contribution in [1.29, 1.82) is 0 Å². The molecule has 19 heavy (non-hydrogen) atoms. The van der Waals surface area contributed by atoms with Crippen LogP contribution in [-0.4, -0.2) is 0 Å². The molecule has 0 fully saturated rings. The summed E-state index contributed by atoms with van der Waals surface area (Å²) in [5.74, 6) is 5.33. The van der Waals surface area contributed by atoms with Crippen LogP contribution in [0.5, 0.6) is 0 Å². The maximum Gasteiger partial charge on any atom is 0.344 e. The van der Waals surface area contributed by atoms with Crippen LogP contribution in [0.2, 0.25) is 0 Å². The van der Waals surface area contributed by atoms with Gasteiger partial charge >= 0.3 is 5.63 Å². The molecule has 3 N–H and O–H groups in total. The van der Waals surface area contributed by atoms with E-state index in [-0.39, 0.29) is 5.63 Å². The number of hydrogen-bond acceptors (Lipinski definition) is 4. The molecule has 0 bridgehead atoms. The van der Waals surface area contributed by atoms with E-state index in [1.807, 2.05) is 48.5 Å². The number of hydrazine groups is 1. The van der Waals surface area contributed by atoms with Crippen molar-refractivity contribution >= 4 is 16.7 Å². The Labute approximate surface area is 109 Å². The fraction of sp³-hybridized carbons (Fsp3) is 0. The minimum absolute atomic E-state index is 0.354. The molecule has 2 aromatic carbocycles. The van der Waals surface area contributed by atoms with Gasteiger partial charge in [-0.2, -0.15) is 0 Å². The molecule has 4 heteroatoms. The average molecular weight is 252 g/mol. The minimum atomic E-state index is -0.354. The molecule has 0 saturated carbocycles. The summed E-state index contributed by atoms with van der Waals surface area (Å²) >= 11 is 0. The van der Waals surface area contributed by atoms with Crippen molar-refractivity contribution in [1.82, 2.24) is 0 Å². The molecule has 1 aromatic heterocycles. The predicted octanol–water partition coefficient (Wildman–Crippen LogP) is 2.75. The van der Waals surface area contributed by atoms with Crippen LogP contribution in [0.1, 0.15) is 0 Å². The second-order valence-electron chi connectivity index (χ2n) is 4.21. The van der Waals surface area contributed by atoms with Crippen LogP contribution in [0.15, 0.2) is 63.8 Å². The van der Waals surface area contributed by atoms with Crippen molar-refractivity contribution in [2.75, 3.05) is 5.43 Å². The van der Waals surface area contributed by atoms with E-state index in [0.29, 0.717) is 16.8 Å². The summed E-state index contributed by atoms with van der Waals surface area (Å²) in [6.45, 7) is 0. The lowest BCUT2D eigenvalue weighted by atomic mass is 10.1. The summed E-state index contributed by atoms with van der Waals surface area (Å²) in [4.78, 5) is 12.0. The van der Waals surface area contributed by atoms with Gasteiger partial charge in [-0.3, -0.25) is 5.84 Å². The quantitative estimate of drug-likeness (QED) is 0.418. The Morgan fingerprint density at radius 2 is 1.79 bits per heavy atom. The molecule has 0 radical (unpaired) electrons. The number of anilines is 1. The number of fused-ring (bicyclic) bond motifs is 1. The van der Waals surface area contributed by atoms with Gasteiger partial charge in [-0.25, -0.2) is 4.79 Å². The standard InChI is InChI=1S/C15H12N2O2/c16-17-12-7-6-11-8-13(10-4-2-1-3-5-10)15(18)19-14(11)9-12/h1-9,17H,16H2.